The highest BCUT2D eigenvalue weighted by Gasteiger charge is 2.01. The van der Waals surface area contributed by atoms with Gasteiger partial charge in [0.05, 0.1) is 6.20 Å². The van der Waals surface area contributed by atoms with E-state index in [1.54, 1.807) is 0 Å². The fourth-order valence-electron chi connectivity index (χ4n) is 0.796. The second kappa shape index (κ2) is 4.22. The molecule has 0 aliphatic rings. The molecule has 0 fully saturated rings. The van der Waals surface area contributed by atoms with Crippen molar-refractivity contribution >= 4 is 17.9 Å². The first-order chi connectivity index (χ1) is 6.58. The summed E-state index contributed by atoms with van der Waals surface area (Å²) in [7, 11) is 0. The van der Waals surface area contributed by atoms with Gasteiger partial charge < -0.3 is 15.2 Å². The van der Waals surface area contributed by atoms with Crippen molar-refractivity contribution < 1.29 is 19.4 Å². The molecule has 0 aliphatic carbocycles. The molecule has 0 spiro atoms. The molecule has 6 heteroatoms. The van der Waals surface area contributed by atoms with Gasteiger partial charge in [-0.05, 0) is 12.1 Å². The van der Waals surface area contributed by atoms with Gasteiger partial charge in [0, 0.05) is 6.92 Å². The van der Waals surface area contributed by atoms with Crippen molar-refractivity contribution in [2.45, 2.75) is 6.92 Å². The lowest BCUT2D eigenvalue weighted by molar-refractivity contribution is -0.114. The lowest BCUT2D eigenvalue weighted by Gasteiger charge is -2.01. The third kappa shape index (κ3) is 3.10. The second-order valence-corrected chi connectivity index (χ2v) is 2.43. The van der Waals surface area contributed by atoms with Crippen LogP contribution in [0.3, 0.4) is 0 Å². The predicted molar refractivity (Wildman–Crippen MR) is 47.2 cm³/mol. The molecule has 0 radical (unpaired) electrons. The van der Waals surface area contributed by atoms with Crippen molar-refractivity contribution in [3.8, 4) is 5.75 Å². The van der Waals surface area contributed by atoms with Gasteiger partial charge >= 0.3 is 6.16 Å². The molecule has 6 nitrogen and oxygen atoms in total. The average Bonchev–Trinajstić information content (AvgIpc) is 2.06. The Morgan fingerprint density at radius 3 is 2.64 bits per heavy atom. The Morgan fingerprint density at radius 1 is 1.50 bits per heavy atom. The van der Waals surface area contributed by atoms with Gasteiger partial charge in [-0.15, -0.1) is 0 Å². The number of carbonyl (C=O) groups excluding carboxylic acids is 1. The molecule has 1 aromatic heterocycles. The number of nitrogens with one attached hydrogen (secondary N) is 1. The molecule has 74 valence electrons. The quantitative estimate of drug-likeness (QED) is 0.691. The third-order valence-corrected chi connectivity index (χ3v) is 1.25. The number of pyridine rings is 1. The molecule has 2 N–H and O–H groups in total. The summed E-state index contributed by atoms with van der Waals surface area (Å²) in [5.74, 6) is 0.200. The van der Waals surface area contributed by atoms with Crippen molar-refractivity contribution in [3.05, 3.63) is 18.3 Å². The molecule has 0 saturated heterocycles. The van der Waals surface area contributed by atoms with Crippen molar-refractivity contribution in [1.29, 1.82) is 0 Å². The van der Waals surface area contributed by atoms with E-state index >= 15 is 0 Å². The summed E-state index contributed by atoms with van der Waals surface area (Å²) in [5, 5.41) is 10.7. The van der Waals surface area contributed by atoms with E-state index in [1.807, 2.05) is 0 Å². The fourth-order valence-corrected chi connectivity index (χ4v) is 0.796. The molecular formula is C8H8N2O4. The molecule has 14 heavy (non-hydrogen) atoms. The van der Waals surface area contributed by atoms with Gasteiger partial charge in [0.1, 0.15) is 5.82 Å². The zero-order valence-electron chi connectivity index (χ0n) is 7.35. The highest BCUT2D eigenvalue weighted by molar-refractivity contribution is 5.87. The Hall–Kier alpha value is -2.11. The molecule has 0 bridgehead atoms. The minimum Gasteiger partial charge on any atom is -0.449 e. The molecule has 0 unspecified atom stereocenters. The minimum absolute atomic E-state index is 0.103. The van der Waals surface area contributed by atoms with E-state index in [-0.39, 0.29) is 11.7 Å². The molecule has 1 amide bonds. The first kappa shape index (κ1) is 9.97. The van der Waals surface area contributed by atoms with E-state index in [4.69, 9.17) is 5.11 Å². The highest BCUT2D eigenvalue weighted by atomic mass is 16.7. The van der Waals surface area contributed by atoms with E-state index < -0.39 is 6.16 Å². The van der Waals surface area contributed by atoms with Gasteiger partial charge in [-0.3, -0.25) is 4.79 Å². The van der Waals surface area contributed by atoms with Gasteiger partial charge in [0.15, 0.2) is 5.75 Å². The lowest BCUT2D eigenvalue weighted by Crippen LogP contribution is -2.08. The number of aromatic nitrogens is 1. The molecule has 0 saturated carbocycles. The van der Waals surface area contributed by atoms with E-state index in [2.05, 4.69) is 15.0 Å². The van der Waals surface area contributed by atoms with E-state index in [0.717, 1.165) is 0 Å². The summed E-state index contributed by atoms with van der Waals surface area (Å²) in [4.78, 5) is 24.5. The van der Waals surface area contributed by atoms with Crippen LogP contribution in [-0.2, 0) is 4.79 Å². The lowest BCUT2D eigenvalue weighted by atomic mass is 10.4. The summed E-state index contributed by atoms with van der Waals surface area (Å²) in [6.07, 6.45) is -0.196. The van der Waals surface area contributed by atoms with Crippen molar-refractivity contribution in [2.75, 3.05) is 5.32 Å². The van der Waals surface area contributed by atoms with Gasteiger partial charge in [-0.2, -0.15) is 0 Å². The molecule has 0 atom stereocenters. The predicted octanol–water partition coefficient (Wildman–Crippen LogP) is 1.10. The fraction of sp³-hybridized carbons (Fsp3) is 0.125. The van der Waals surface area contributed by atoms with Crippen LogP contribution in [0.15, 0.2) is 18.3 Å². The maximum absolute atomic E-state index is 10.6. The van der Waals surface area contributed by atoms with Crippen LogP contribution in [0.1, 0.15) is 6.92 Å². The number of anilines is 1. The summed E-state index contributed by atoms with van der Waals surface area (Å²) in [5.41, 5.74) is 0. The van der Waals surface area contributed by atoms with Gasteiger partial charge in [-0.1, -0.05) is 0 Å². The number of amides is 1. The van der Waals surface area contributed by atoms with Crippen LogP contribution < -0.4 is 10.1 Å². The SMILES string of the molecule is CC(=O)Nc1ccc(OC(=O)O)cn1. The topological polar surface area (TPSA) is 88.5 Å². The minimum atomic E-state index is -1.40. The second-order valence-electron chi connectivity index (χ2n) is 2.43. The Balaban J connectivity index is 2.68. The summed E-state index contributed by atoms with van der Waals surface area (Å²) < 4.78 is 4.32. The summed E-state index contributed by atoms with van der Waals surface area (Å²) >= 11 is 0. The standard InChI is InChI=1S/C8H8N2O4/c1-5(11)10-7-3-2-6(4-9-7)14-8(12)13/h2-4H,1H3,(H,12,13)(H,9,10,11). The van der Waals surface area contributed by atoms with Crippen LogP contribution in [0.4, 0.5) is 10.6 Å². The number of rotatable bonds is 2. The number of carbonyl (C=O) groups is 2. The molecule has 0 aliphatic heterocycles. The number of hydrogen-bond acceptors (Lipinski definition) is 4. The van der Waals surface area contributed by atoms with E-state index in [9.17, 15) is 9.59 Å². The van der Waals surface area contributed by atoms with Gasteiger partial charge in [0.25, 0.3) is 0 Å². The smallest absolute Gasteiger partial charge is 0.449 e. The molecule has 1 aromatic rings. The van der Waals surface area contributed by atoms with Crippen LogP contribution in [0.25, 0.3) is 0 Å². The molecule has 1 rings (SSSR count). The third-order valence-electron chi connectivity index (χ3n) is 1.25. The van der Waals surface area contributed by atoms with Crippen LogP contribution >= 0.6 is 0 Å². The van der Waals surface area contributed by atoms with Crippen LogP contribution in [0, 0.1) is 0 Å². The average molecular weight is 196 g/mol. The van der Waals surface area contributed by atoms with Crippen molar-refractivity contribution in [3.63, 3.8) is 0 Å². The van der Waals surface area contributed by atoms with E-state index in [1.165, 1.54) is 25.3 Å². The van der Waals surface area contributed by atoms with Crippen LogP contribution in [-0.4, -0.2) is 22.2 Å². The Bertz CT molecular complexity index is 312. The van der Waals surface area contributed by atoms with Crippen molar-refractivity contribution in [1.82, 2.24) is 4.98 Å². The zero-order valence-corrected chi connectivity index (χ0v) is 7.35. The molecular weight excluding hydrogens is 188 g/mol. The maximum Gasteiger partial charge on any atom is 0.511 e. The molecule has 1 heterocycles. The van der Waals surface area contributed by atoms with Crippen LogP contribution in [0.2, 0.25) is 0 Å². The summed E-state index contributed by atoms with van der Waals surface area (Å²) in [6, 6.07) is 2.84. The monoisotopic (exact) mass is 196 g/mol. The Labute approximate surface area is 79.5 Å². The van der Waals surface area contributed by atoms with Crippen LogP contribution in [0.5, 0.6) is 5.75 Å². The van der Waals surface area contributed by atoms with Crippen molar-refractivity contribution in [2.24, 2.45) is 0 Å². The maximum atomic E-state index is 10.6. The first-order valence-electron chi connectivity index (χ1n) is 3.72. The number of nitrogens with zero attached hydrogens (tertiary/aromatic N) is 1. The van der Waals surface area contributed by atoms with E-state index in [0.29, 0.717) is 5.82 Å². The normalized spacial score (nSPS) is 9.21. The summed E-state index contributed by atoms with van der Waals surface area (Å²) in [6.45, 7) is 1.35. The Morgan fingerprint density at radius 2 is 2.21 bits per heavy atom. The van der Waals surface area contributed by atoms with Gasteiger partial charge in [0.2, 0.25) is 5.91 Å². The largest absolute Gasteiger partial charge is 0.511 e. The Kier molecular flexibility index (Phi) is 3.01. The number of ether oxygens (including phenoxy) is 1. The first-order valence-corrected chi connectivity index (χ1v) is 3.72. The highest BCUT2D eigenvalue weighted by Crippen LogP contribution is 2.11. The number of hydrogen-bond donors (Lipinski definition) is 2. The number of carboxylic acid groups (broad SMARTS) is 1. The zero-order chi connectivity index (χ0) is 10.6. The van der Waals surface area contributed by atoms with Gasteiger partial charge in [-0.25, -0.2) is 9.78 Å². The molecule has 0 aromatic carbocycles.